The summed E-state index contributed by atoms with van der Waals surface area (Å²) in [4.78, 5) is 12.2. The Balaban J connectivity index is 0.00000220. The smallest absolute Gasteiger partial charge is 0.251 e. The zero-order valence-electron chi connectivity index (χ0n) is 12.0. The topological polar surface area (TPSA) is 101 Å². The fourth-order valence-corrected chi connectivity index (χ4v) is 3.18. The summed E-state index contributed by atoms with van der Waals surface area (Å²) in [6, 6.07) is 3.11. The van der Waals surface area contributed by atoms with E-state index in [1.165, 1.54) is 6.07 Å². The van der Waals surface area contributed by atoms with Crippen LogP contribution in [-0.2, 0) is 10.0 Å². The van der Waals surface area contributed by atoms with Crippen molar-refractivity contribution in [2.24, 2.45) is 5.14 Å². The van der Waals surface area contributed by atoms with E-state index in [1.807, 2.05) is 0 Å². The van der Waals surface area contributed by atoms with Crippen molar-refractivity contribution >= 4 is 28.3 Å². The maximum absolute atomic E-state index is 12.2. The van der Waals surface area contributed by atoms with Crippen LogP contribution >= 0.6 is 12.4 Å². The van der Waals surface area contributed by atoms with Gasteiger partial charge in [0.2, 0.25) is 10.0 Å². The largest absolute Gasteiger partial charge is 0.348 e. The molecule has 0 aliphatic carbocycles. The molecule has 1 aliphatic heterocycles. The van der Waals surface area contributed by atoms with Gasteiger partial charge in [-0.3, -0.25) is 4.79 Å². The van der Waals surface area contributed by atoms with E-state index >= 15 is 0 Å². The molecule has 118 valence electrons. The van der Waals surface area contributed by atoms with Crippen molar-refractivity contribution in [3.63, 3.8) is 0 Å². The molecule has 2 rings (SSSR count). The number of carbonyl (C=O) groups is 1. The van der Waals surface area contributed by atoms with Crippen molar-refractivity contribution in [1.29, 1.82) is 0 Å². The molecule has 1 fully saturated rings. The number of benzene rings is 1. The van der Waals surface area contributed by atoms with Crippen LogP contribution in [0, 0.1) is 13.8 Å². The predicted octanol–water partition coefficient (Wildman–Crippen LogP) is 0.464. The Morgan fingerprint density at radius 2 is 2.05 bits per heavy atom. The van der Waals surface area contributed by atoms with Crippen LogP contribution in [0.2, 0.25) is 0 Å². The van der Waals surface area contributed by atoms with Crippen molar-refractivity contribution in [2.75, 3.05) is 13.1 Å². The number of amides is 1. The van der Waals surface area contributed by atoms with E-state index in [9.17, 15) is 13.2 Å². The van der Waals surface area contributed by atoms with E-state index in [4.69, 9.17) is 5.14 Å². The first-order valence-electron chi connectivity index (χ1n) is 6.44. The van der Waals surface area contributed by atoms with E-state index in [-0.39, 0.29) is 29.3 Å². The Hall–Kier alpha value is -1.15. The van der Waals surface area contributed by atoms with E-state index in [0.717, 1.165) is 25.1 Å². The lowest BCUT2D eigenvalue weighted by Crippen LogP contribution is -2.36. The first kappa shape index (κ1) is 17.9. The third-order valence-electron chi connectivity index (χ3n) is 3.58. The number of halogens is 1. The molecule has 1 amide bonds. The van der Waals surface area contributed by atoms with Gasteiger partial charge in [-0.25, -0.2) is 13.6 Å². The van der Waals surface area contributed by atoms with Gasteiger partial charge in [-0.1, -0.05) is 0 Å². The number of hydrogen-bond acceptors (Lipinski definition) is 4. The molecule has 0 aromatic heterocycles. The number of nitrogens with two attached hydrogens (primary N) is 1. The lowest BCUT2D eigenvalue weighted by Gasteiger charge is -2.14. The normalized spacial score (nSPS) is 18.1. The third kappa shape index (κ3) is 4.16. The van der Waals surface area contributed by atoms with E-state index in [0.29, 0.717) is 11.1 Å². The van der Waals surface area contributed by atoms with Crippen LogP contribution in [0.3, 0.4) is 0 Å². The minimum Gasteiger partial charge on any atom is -0.348 e. The molecule has 1 saturated heterocycles. The quantitative estimate of drug-likeness (QED) is 0.748. The molecular formula is C13H20ClN3O3S. The van der Waals surface area contributed by atoms with Crippen LogP contribution < -0.4 is 15.8 Å². The fourth-order valence-electron chi connectivity index (χ4n) is 2.30. The molecule has 1 heterocycles. The molecule has 8 heteroatoms. The Kier molecular flexibility index (Phi) is 5.75. The van der Waals surface area contributed by atoms with Crippen LogP contribution in [0.5, 0.6) is 0 Å². The highest BCUT2D eigenvalue weighted by Crippen LogP contribution is 2.20. The van der Waals surface area contributed by atoms with E-state index < -0.39 is 10.0 Å². The molecule has 0 spiro atoms. The number of hydrogen-bond donors (Lipinski definition) is 3. The number of sulfonamides is 1. The SMILES string of the molecule is Cc1cc(C(=O)NC2CCNC2)cc(S(N)(=O)=O)c1C.Cl. The standard InChI is InChI=1S/C13H19N3O3S.ClH/c1-8-5-10(6-12(9(8)2)20(14,18)19)13(17)16-11-3-4-15-7-11;/h5-6,11,15H,3-4,7H2,1-2H3,(H,16,17)(H2,14,18,19);1H. The molecule has 0 saturated carbocycles. The Labute approximate surface area is 130 Å². The van der Waals surface area contributed by atoms with Crippen molar-refractivity contribution in [1.82, 2.24) is 10.6 Å². The second-order valence-corrected chi connectivity index (χ2v) is 6.65. The number of rotatable bonds is 3. The maximum atomic E-state index is 12.2. The lowest BCUT2D eigenvalue weighted by molar-refractivity contribution is 0.0939. The van der Waals surface area contributed by atoms with Gasteiger partial charge in [0.1, 0.15) is 0 Å². The number of carbonyl (C=O) groups excluding carboxylic acids is 1. The summed E-state index contributed by atoms with van der Waals surface area (Å²) in [6.45, 7) is 5.05. The Bertz CT molecular complexity index is 640. The number of primary sulfonamides is 1. The van der Waals surface area contributed by atoms with Crippen LogP contribution in [0.4, 0.5) is 0 Å². The average molecular weight is 334 g/mol. The maximum Gasteiger partial charge on any atom is 0.251 e. The fraction of sp³-hybridized carbons (Fsp3) is 0.462. The third-order valence-corrected chi connectivity index (χ3v) is 4.62. The second-order valence-electron chi connectivity index (χ2n) is 5.12. The van der Waals surface area contributed by atoms with Gasteiger partial charge < -0.3 is 10.6 Å². The molecule has 1 unspecified atom stereocenters. The summed E-state index contributed by atoms with van der Waals surface area (Å²) >= 11 is 0. The molecular weight excluding hydrogens is 314 g/mol. The predicted molar refractivity (Wildman–Crippen MR) is 83.3 cm³/mol. The first-order chi connectivity index (χ1) is 9.29. The van der Waals surface area contributed by atoms with Crippen LogP contribution in [-0.4, -0.2) is 33.5 Å². The summed E-state index contributed by atoms with van der Waals surface area (Å²) in [5.41, 5.74) is 1.63. The summed E-state index contributed by atoms with van der Waals surface area (Å²) < 4.78 is 23.1. The van der Waals surface area contributed by atoms with Crippen LogP contribution in [0.1, 0.15) is 27.9 Å². The summed E-state index contributed by atoms with van der Waals surface area (Å²) in [6.07, 6.45) is 0.874. The molecule has 1 aromatic carbocycles. The first-order valence-corrected chi connectivity index (χ1v) is 7.99. The molecule has 1 aliphatic rings. The van der Waals surface area contributed by atoms with Gasteiger partial charge in [0.15, 0.2) is 0 Å². The minimum absolute atomic E-state index is 0. The highest BCUT2D eigenvalue weighted by Gasteiger charge is 2.20. The van der Waals surface area contributed by atoms with Crippen LogP contribution in [0.15, 0.2) is 17.0 Å². The van der Waals surface area contributed by atoms with Crippen molar-refractivity contribution in [3.05, 3.63) is 28.8 Å². The number of aryl methyl sites for hydroxylation is 1. The highest BCUT2D eigenvalue weighted by atomic mass is 35.5. The molecule has 0 radical (unpaired) electrons. The van der Waals surface area contributed by atoms with Gasteiger partial charge in [-0.15, -0.1) is 12.4 Å². The zero-order chi connectivity index (χ0) is 14.9. The highest BCUT2D eigenvalue weighted by molar-refractivity contribution is 7.89. The van der Waals surface area contributed by atoms with Gasteiger partial charge >= 0.3 is 0 Å². The van der Waals surface area contributed by atoms with E-state index in [2.05, 4.69) is 10.6 Å². The Morgan fingerprint density at radius 3 is 2.57 bits per heavy atom. The molecule has 1 aromatic rings. The van der Waals surface area contributed by atoms with Gasteiger partial charge in [-0.2, -0.15) is 0 Å². The van der Waals surface area contributed by atoms with Gasteiger partial charge in [0.25, 0.3) is 5.91 Å². The summed E-state index contributed by atoms with van der Waals surface area (Å²) in [7, 11) is -3.83. The summed E-state index contributed by atoms with van der Waals surface area (Å²) in [5, 5.41) is 11.2. The van der Waals surface area contributed by atoms with Crippen molar-refractivity contribution in [3.8, 4) is 0 Å². The minimum atomic E-state index is -3.83. The van der Waals surface area contributed by atoms with E-state index in [1.54, 1.807) is 19.9 Å². The van der Waals surface area contributed by atoms with Crippen molar-refractivity contribution < 1.29 is 13.2 Å². The Morgan fingerprint density at radius 1 is 1.38 bits per heavy atom. The average Bonchev–Trinajstić information content (AvgIpc) is 2.83. The van der Waals surface area contributed by atoms with Gasteiger partial charge in [-0.05, 0) is 50.1 Å². The van der Waals surface area contributed by atoms with Gasteiger partial charge in [0.05, 0.1) is 4.90 Å². The number of nitrogens with one attached hydrogen (secondary N) is 2. The zero-order valence-corrected chi connectivity index (χ0v) is 13.6. The molecule has 21 heavy (non-hydrogen) atoms. The monoisotopic (exact) mass is 333 g/mol. The lowest BCUT2D eigenvalue weighted by atomic mass is 10.1. The molecule has 1 atom stereocenters. The second kappa shape index (κ2) is 6.74. The molecule has 6 nitrogen and oxygen atoms in total. The van der Waals surface area contributed by atoms with Crippen molar-refractivity contribution in [2.45, 2.75) is 31.2 Å². The summed E-state index contributed by atoms with van der Waals surface area (Å²) in [5.74, 6) is -0.272. The van der Waals surface area contributed by atoms with Gasteiger partial charge in [0, 0.05) is 18.2 Å². The molecule has 4 N–H and O–H groups in total. The molecule has 0 bridgehead atoms. The van der Waals surface area contributed by atoms with Crippen LogP contribution in [0.25, 0.3) is 0 Å².